The van der Waals surface area contributed by atoms with Gasteiger partial charge in [-0.15, -0.1) is 0 Å². The van der Waals surface area contributed by atoms with Crippen molar-refractivity contribution in [1.82, 2.24) is 10.2 Å². The number of nitrogens with two attached hydrogens (primary N) is 1. The van der Waals surface area contributed by atoms with E-state index < -0.39 is 18.0 Å². The van der Waals surface area contributed by atoms with Gasteiger partial charge in [0.1, 0.15) is 6.04 Å². The molecule has 2 aromatic carbocycles. The summed E-state index contributed by atoms with van der Waals surface area (Å²) >= 11 is 0. The van der Waals surface area contributed by atoms with E-state index in [-0.39, 0.29) is 12.5 Å². The van der Waals surface area contributed by atoms with Gasteiger partial charge in [-0.05, 0) is 36.9 Å². The van der Waals surface area contributed by atoms with Crippen LogP contribution in [-0.4, -0.2) is 62.6 Å². The van der Waals surface area contributed by atoms with E-state index in [9.17, 15) is 14.4 Å². The summed E-state index contributed by atoms with van der Waals surface area (Å²) in [5, 5.41) is 4.94. The van der Waals surface area contributed by atoms with Crippen LogP contribution >= 0.6 is 0 Å². The van der Waals surface area contributed by atoms with E-state index in [0.29, 0.717) is 24.5 Å². The van der Waals surface area contributed by atoms with Gasteiger partial charge in [-0.25, -0.2) is 4.79 Å². The van der Waals surface area contributed by atoms with E-state index in [1.54, 1.807) is 36.2 Å². The molecule has 1 aliphatic rings. The quantitative estimate of drug-likeness (QED) is 0.616. The fourth-order valence-electron chi connectivity index (χ4n) is 3.53. The molecule has 4 N–H and O–H groups in total. The summed E-state index contributed by atoms with van der Waals surface area (Å²) in [4.78, 5) is 40.1. The summed E-state index contributed by atoms with van der Waals surface area (Å²) in [5.74, 6) is -0.877. The molecule has 1 fully saturated rings. The van der Waals surface area contributed by atoms with Crippen LogP contribution in [0.15, 0.2) is 54.6 Å². The lowest BCUT2D eigenvalue weighted by Crippen LogP contribution is -2.45. The molecule has 164 valence electrons. The molecular weight excluding hydrogens is 398 g/mol. The highest BCUT2D eigenvalue weighted by molar-refractivity contribution is 5.97. The normalized spacial score (nSPS) is 14.7. The molecule has 1 unspecified atom stereocenters. The Morgan fingerprint density at radius 2 is 1.71 bits per heavy atom. The van der Waals surface area contributed by atoms with Crippen LogP contribution in [0.25, 0.3) is 0 Å². The fraction of sp³-hybridized carbons (Fsp3) is 0.318. The van der Waals surface area contributed by atoms with Crippen molar-refractivity contribution in [2.24, 2.45) is 5.73 Å². The Bertz CT molecular complexity index is 898. The zero-order valence-electron chi connectivity index (χ0n) is 17.4. The number of anilines is 2. The summed E-state index contributed by atoms with van der Waals surface area (Å²) in [6, 6.07) is 14.7. The number of ether oxygens (including phenoxy) is 1. The molecule has 1 atom stereocenters. The second kappa shape index (κ2) is 10.6. The minimum absolute atomic E-state index is 0.0586. The van der Waals surface area contributed by atoms with Crippen molar-refractivity contribution in [3.63, 3.8) is 0 Å². The molecule has 1 aliphatic heterocycles. The number of hydrogen-bond acceptors (Lipinski definition) is 6. The Kier molecular flexibility index (Phi) is 7.58. The van der Waals surface area contributed by atoms with Crippen LogP contribution in [-0.2, 0) is 14.3 Å². The molecule has 9 nitrogen and oxygen atoms in total. The zero-order valence-corrected chi connectivity index (χ0v) is 17.4. The van der Waals surface area contributed by atoms with E-state index in [2.05, 4.69) is 15.5 Å². The number of rotatable bonds is 7. The molecule has 2 aromatic rings. The number of likely N-dealkylation sites (N-methyl/N-ethyl adjacent to an activating group) is 1. The maximum absolute atomic E-state index is 12.6. The zero-order chi connectivity index (χ0) is 22.2. The van der Waals surface area contributed by atoms with E-state index in [0.717, 1.165) is 18.8 Å². The van der Waals surface area contributed by atoms with Gasteiger partial charge in [-0.1, -0.05) is 30.3 Å². The molecule has 1 saturated heterocycles. The van der Waals surface area contributed by atoms with Crippen LogP contribution in [0.1, 0.15) is 11.6 Å². The largest absolute Gasteiger partial charge is 0.378 e. The first-order chi connectivity index (χ1) is 14.9. The molecule has 0 aliphatic carbocycles. The highest BCUT2D eigenvalue weighted by atomic mass is 16.5. The van der Waals surface area contributed by atoms with Gasteiger partial charge in [0.2, 0.25) is 11.8 Å². The maximum atomic E-state index is 12.6. The highest BCUT2D eigenvalue weighted by Gasteiger charge is 2.27. The first kappa shape index (κ1) is 22.3. The molecular formula is C22H27N5O4. The number of nitrogens with zero attached hydrogens (tertiary/aromatic N) is 2. The van der Waals surface area contributed by atoms with Crippen molar-refractivity contribution in [2.45, 2.75) is 6.04 Å². The molecule has 0 bridgehead atoms. The van der Waals surface area contributed by atoms with Gasteiger partial charge >= 0.3 is 6.03 Å². The number of primary amides is 1. The van der Waals surface area contributed by atoms with Gasteiger partial charge in [0.15, 0.2) is 0 Å². The van der Waals surface area contributed by atoms with Crippen molar-refractivity contribution in [1.29, 1.82) is 0 Å². The standard InChI is InChI=1S/C22H27N5O4/c1-26(20(21(29)25-22(23)30)16-5-3-2-4-6-16)15-19(28)24-17-7-9-18(10-8-17)27-11-13-31-14-12-27/h2-10,20H,11-15H2,1H3,(H,24,28)(H3,23,25,29,30). The highest BCUT2D eigenvalue weighted by Crippen LogP contribution is 2.21. The van der Waals surface area contributed by atoms with Crippen LogP contribution in [0.2, 0.25) is 0 Å². The molecule has 4 amide bonds. The third kappa shape index (κ3) is 6.27. The Hall–Kier alpha value is -3.43. The Morgan fingerprint density at radius 1 is 1.06 bits per heavy atom. The van der Waals surface area contributed by atoms with Crippen LogP contribution in [0.5, 0.6) is 0 Å². The molecule has 0 radical (unpaired) electrons. The Balaban J connectivity index is 1.63. The molecule has 0 aromatic heterocycles. The smallest absolute Gasteiger partial charge is 0.318 e. The van der Waals surface area contributed by atoms with Gasteiger partial charge in [-0.3, -0.25) is 19.8 Å². The number of benzene rings is 2. The van der Waals surface area contributed by atoms with Gasteiger partial charge in [0.05, 0.1) is 19.8 Å². The summed E-state index contributed by atoms with van der Waals surface area (Å²) in [5.41, 5.74) is 7.48. The molecule has 3 rings (SSSR count). The molecule has 31 heavy (non-hydrogen) atoms. The number of carbonyl (C=O) groups excluding carboxylic acids is 3. The van der Waals surface area contributed by atoms with Crippen molar-refractivity contribution in [3.8, 4) is 0 Å². The van der Waals surface area contributed by atoms with E-state index in [1.807, 2.05) is 30.3 Å². The SMILES string of the molecule is CN(CC(=O)Nc1ccc(N2CCOCC2)cc1)C(C(=O)NC(N)=O)c1ccccc1. The van der Waals surface area contributed by atoms with Crippen molar-refractivity contribution in [2.75, 3.05) is 50.1 Å². The van der Waals surface area contributed by atoms with Crippen LogP contribution < -0.4 is 21.3 Å². The number of morpholine rings is 1. The molecule has 1 heterocycles. The minimum atomic E-state index is -0.941. The lowest BCUT2D eigenvalue weighted by molar-refractivity contribution is -0.126. The first-order valence-electron chi connectivity index (χ1n) is 10.0. The summed E-state index contributed by atoms with van der Waals surface area (Å²) in [6.45, 7) is 3.03. The predicted molar refractivity (Wildman–Crippen MR) is 118 cm³/mol. The second-order valence-electron chi connectivity index (χ2n) is 7.28. The minimum Gasteiger partial charge on any atom is -0.378 e. The summed E-state index contributed by atoms with van der Waals surface area (Å²) in [7, 11) is 1.64. The van der Waals surface area contributed by atoms with Crippen LogP contribution in [0.4, 0.5) is 16.2 Å². The van der Waals surface area contributed by atoms with E-state index in [1.165, 1.54) is 0 Å². The van der Waals surface area contributed by atoms with Crippen LogP contribution in [0, 0.1) is 0 Å². The molecule has 0 spiro atoms. The summed E-state index contributed by atoms with van der Waals surface area (Å²) in [6.07, 6.45) is 0. The Morgan fingerprint density at radius 3 is 2.32 bits per heavy atom. The maximum Gasteiger partial charge on any atom is 0.318 e. The lowest BCUT2D eigenvalue weighted by atomic mass is 10.0. The molecule has 0 saturated carbocycles. The number of hydrogen-bond donors (Lipinski definition) is 3. The topological polar surface area (TPSA) is 117 Å². The number of carbonyl (C=O) groups is 3. The third-order valence-corrected chi connectivity index (χ3v) is 4.97. The van der Waals surface area contributed by atoms with Gasteiger partial charge < -0.3 is 20.7 Å². The fourth-order valence-corrected chi connectivity index (χ4v) is 3.53. The van der Waals surface area contributed by atoms with Crippen molar-refractivity contribution in [3.05, 3.63) is 60.2 Å². The molecule has 9 heteroatoms. The number of amides is 4. The predicted octanol–water partition coefficient (Wildman–Crippen LogP) is 1.33. The van der Waals surface area contributed by atoms with Gasteiger partial charge in [0, 0.05) is 24.5 Å². The van der Waals surface area contributed by atoms with E-state index in [4.69, 9.17) is 10.5 Å². The number of imide groups is 1. The average molecular weight is 425 g/mol. The van der Waals surface area contributed by atoms with E-state index >= 15 is 0 Å². The number of urea groups is 1. The third-order valence-electron chi connectivity index (χ3n) is 4.97. The van der Waals surface area contributed by atoms with Gasteiger partial charge in [0.25, 0.3) is 0 Å². The summed E-state index contributed by atoms with van der Waals surface area (Å²) < 4.78 is 5.37. The van der Waals surface area contributed by atoms with Crippen molar-refractivity contribution < 1.29 is 19.1 Å². The number of nitrogens with one attached hydrogen (secondary N) is 2. The monoisotopic (exact) mass is 425 g/mol. The lowest BCUT2D eigenvalue weighted by Gasteiger charge is -2.29. The van der Waals surface area contributed by atoms with Crippen LogP contribution in [0.3, 0.4) is 0 Å². The second-order valence-corrected chi connectivity index (χ2v) is 7.28. The average Bonchev–Trinajstić information content (AvgIpc) is 2.75. The Labute approximate surface area is 181 Å². The van der Waals surface area contributed by atoms with Crippen molar-refractivity contribution >= 4 is 29.2 Å². The van der Waals surface area contributed by atoms with Gasteiger partial charge in [-0.2, -0.15) is 0 Å². The first-order valence-corrected chi connectivity index (χ1v) is 10.0.